The van der Waals surface area contributed by atoms with E-state index in [0.29, 0.717) is 0 Å². The lowest BCUT2D eigenvalue weighted by Gasteiger charge is -2.04. The average molecular weight is 297 g/mol. The summed E-state index contributed by atoms with van der Waals surface area (Å²) in [6.45, 7) is 0. The number of rotatable bonds is 4. The van der Waals surface area contributed by atoms with Crippen molar-refractivity contribution in [3.63, 3.8) is 0 Å². The normalized spacial score (nSPS) is 21.9. The summed E-state index contributed by atoms with van der Waals surface area (Å²) in [6.07, 6.45) is 0.731. The first-order valence-electron chi connectivity index (χ1n) is 5.07. The van der Waals surface area contributed by atoms with Crippen molar-refractivity contribution in [1.82, 2.24) is 0 Å². The number of carbonyl (C=O) groups excluding carboxylic acids is 2. The minimum absolute atomic E-state index is 0.0309. The molecule has 2 rings (SSSR count). The van der Waals surface area contributed by atoms with Crippen LogP contribution in [0, 0.1) is 5.92 Å². The highest BCUT2D eigenvalue weighted by atomic mass is 79.9. The molecule has 0 aliphatic heterocycles. The van der Waals surface area contributed by atoms with Crippen LogP contribution in [-0.2, 0) is 4.79 Å². The molecule has 0 saturated heterocycles. The quantitative estimate of drug-likeness (QED) is 0.523. The van der Waals surface area contributed by atoms with Crippen molar-refractivity contribution < 1.29 is 19.5 Å². The zero-order chi connectivity index (χ0) is 12.6. The van der Waals surface area contributed by atoms with E-state index in [9.17, 15) is 14.4 Å². The Kier molecular flexibility index (Phi) is 3.11. The molecule has 0 spiro atoms. The Morgan fingerprint density at radius 1 is 1.18 bits per heavy atom. The lowest BCUT2D eigenvalue weighted by Crippen LogP contribution is -2.18. The molecule has 17 heavy (non-hydrogen) atoms. The maximum atomic E-state index is 12.0. The second-order valence-electron chi connectivity index (χ2n) is 3.90. The van der Waals surface area contributed by atoms with Crippen molar-refractivity contribution in [3.8, 4) is 0 Å². The van der Waals surface area contributed by atoms with Crippen molar-refractivity contribution in [2.45, 2.75) is 11.2 Å². The van der Waals surface area contributed by atoms with Crippen LogP contribution in [0.15, 0.2) is 24.3 Å². The lowest BCUT2D eigenvalue weighted by molar-refractivity contribution is -0.131. The third kappa shape index (κ3) is 2.29. The standard InChI is InChI=1S/C12H9BrO4/c13-9-5-8(9)10(14)6-3-1-2-4-7(6)11(15)12(16)17/h1-4,8-9H,5H2,(H,16,17). The molecule has 0 heterocycles. The van der Waals surface area contributed by atoms with Crippen LogP contribution < -0.4 is 0 Å². The highest BCUT2D eigenvalue weighted by Gasteiger charge is 2.42. The molecule has 1 aliphatic carbocycles. The van der Waals surface area contributed by atoms with Crippen LogP contribution >= 0.6 is 15.9 Å². The Balaban J connectivity index is 2.37. The van der Waals surface area contributed by atoms with Crippen molar-refractivity contribution in [1.29, 1.82) is 0 Å². The SMILES string of the molecule is O=C(O)C(=O)c1ccccc1C(=O)C1CC1Br. The molecule has 0 amide bonds. The highest BCUT2D eigenvalue weighted by molar-refractivity contribution is 9.09. The van der Waals surface area contributed by atoms with Crippen molar-refractivity contribution in [3.05, 3.63) is 35.4 Å². The first-order valence-corrected chi connectivity index (χ1v) is 5.99. The fourth-order valence-electron chi connectivity index (χ4n) is 1.65. The van der Waals surface area contributed by atoms with Crippen LogP contribution in [0.5, 0.6) is 0 Å². The summed E-state index contributed by atoms with van der Waals surface area (Å²) in [4.78, 5) is 34.2. The van der Waals surface area contributed by atoms with Gasteiger partial charge < -0.3 is 5.11 Å². The largest absolute Gasteiger partial charge is 0.475 e. The van der Waals surface area contributed by atoms with Crippen LogP contribution in [0.25, 0.3) is 0 Å². The summed E-state index contributed by atoms with van der Waals surface area (Å²) in [5.74, 6) is -2.90. The number of benzene rings is 1. The molecule has 1 aliphatic rings. The summed E-state index contributed by atoms with van der Waals surface area (Å²) in [5.41, 5.74) is 0.170. The number of hydrogen-bond acceptors (Lipinski definition) is 3. The smallest absolute Gasteiger partial charge is 0.377 e. The van der Waals surface area contributed by atoms with E-state index in [2.05, 4.69) is 15.9 Å². The number of carboxylic acid groups (broad SMARTS) is 1. The maximum absolute atomic E-state index is 12.0. The fourth-order valence-corrected chi connectivity index (χ4v) is 2.29. The van der Waals surface area contributed by atoms with Gasteiger partial charge in [0.25, 0.3) is 5.78 Å². The van der Waals surface area contributed by atoms with Crippen molar-refractivity contribution in [2.75, 3.05) is 0 Å². The van der Waals surface area contributed by atoms with Gasteiger partial charge in [-0.25, -0.2) is 4.79 Å². The van der Waals surface area contributed by atoms with Gasteiger partial charge in [-0.05, 0) is 6.42 Å². The summed E-state index contributed by atoms with van der Waals surface area (Å²) >= 11 is 3.31. The van der Waals surface area contributed by atoms with Gasteiger partial charge in [0.05, 0.1) is 0 Å². The second kappa shape index (κ2) is 4.41. The van der Waals surface area contributed by atoms with Crippen molar-refractivity contribution in [2.24, 2.45) is 5.92 Å². The van der Waals surface area contributed by atoms with Crippen LogP contribution in [0.4, 0.5) is 0 Å². The number of alkyl halides is 1. The zero-order valence-electron chi connectivity index (χ0n) is 8.72. The second-order valence-corrected chi connectivity index (χ2v) is 5.08. The van der Waals surface area contributed by atoms with Gasteiger partial charge in [0.15, 0.2) is 5.78 Å². The summed E-state index contributed by atoms with van der Waals surface area (Å²) in [6, 6.07) is 6.04. The topological polar surface area (TPSA) is 71.4 Å². The van der Waals surface area contributed by atoms with Gasteiger partial charge in [-0.3, -0.25) is 9.59 Å². The van der Waals surface area contributed by atoms with E-state index in [1.165, 1.54) is 12.1 Å². The number of Topliss-reactive ketones (excluding diaryl/α,β-unsaturated/α-hetero) is 2. The van der Waals surface area contributed by atoms with E-state index in [1.54, 1.807) is 12.1 Å². The third-order valence-electron chi connectivity index (χ3n) is 2.68. The maximum Gasteiger partial charge on any atom is 0.377 e. The van der Waals surface area contributed by atoms with Gasteiger partial charge >= 0.3 is 5.97 Å². The van der Waals surface area contributed by atoms with Crippen molar-refractivity contribution >= 4 is 33.5 Å². The Labute approximate surface area is 106 Å². The molecule has 2 atom stereocenters. The van der Waals surface area contributed by atoms with E-state index in [4.69, 9.17) is 5.11 Å². The summed E-state index contributed by atoms with van der Waals surface area (Å²) in [7, 11) is 0. The molecule has 1 N–H and O–H groups in total. The van der Waals surface area contributed by atoms with Gasteiger partial charge in [0.2, 0.25) is 0 Å². The van der Waals surface area contributed by atoms with Gasteiger partial charge in [0, 0.05) is 21.9 Å². The Morgan fingerprint density at radius 2 is 1.71 bits per heavy atom. The third-order valence-corrected chi connectivity index (χ3v) is 3.69. The highest BCUT2D eigenvalue weighted by Crippen LogP contribution is 2.40. The minimum atomic E-state index is -1.54. The Bertz CT molecular complexity index is 509. The van der Waals surface area contributed by atoms with Gasteiger partial charge in [-0.2, -0.15) is 0 Å². The van der Waals surface area contributed by atoms with Gasteiger partial charge in [-0.15, -0.1) is 0 Å². The molecule has 2 unspecified atom stereocenters. The number of carboxylic acids is 1. The molecule has 1 saturated carbocycles. The van der Waals surface area contributed by atoms with Gasteiger partial charge in [0.1, 0.15) is 0 Å². The van der Waals surface area contributed by atoms with E-state index in [0.717, 1.165) is 6.42 Å². The van der Waals surface area contributed by atoms with Crippen LogP contribution in [-0.4, -0.2) is 27.5 Å². The predicted molar refractivity (Wildman–Crippen MR) is 63.6 cm³/mol. The molecule has 5 heteroatoms. The van der Waals surface area contributed by atoms with E-state index >= 15 is 0 Å². The molecular formula is C12H9BrO4. The average Bonchev–Trinajstić information content (AvgIpc) is 3.04. The molecular weight excluding hydrogens is 288 g/mol. The zero-order valence-corrected chi connectivity index (χ0v) is 10.3. The fraction of sp³-hybridized carbons (Fsp3) is 0.250. The molecule has 1 aromatic carbocycles. The molecule has 0 bridgehead atoms. The number of aliphatic carboxylic acids is 1. The summed E-state index contributed by atoms with van der Waals surface area (Å²) in [5, 5.41) is 8.68. The predicted octanol–water partition coefficient (Wildman–Crippen LogP) is 1.92. The number of halogens is 1. The number of ketones is 2. The lowest BCUT2D eigenvalue weighted by atomic mass is 9.98. The Morgan fingerprint density at radius 3 is 2.18 bits per heavy atom. The molecule has 1 aromatic rings. The van der Waals surface area contributed by atoms with E-state index < -0.39 is 11.8 Å². The molecule has 0 aromatic heterocycles. The van der Waals surface area contributed by atoms with E-state index in [1.807, 2.05) is 0 Å². The first-order chi connectivity index (χ1) is 8.02. The molecule has 88 valence electrons. The number of carbonyl (C=O) groups is 3. The molecule has 0 radical (unpaired) electrons. The monoisotopic (exact) mass is 296 g/mol. The molecule has 1 fully saturated rings. The number of hydrogen-bond donors (Lipinski definition) is 1. The Hall–Kier alpha value is -1.49. The summed E-state index contributed by atoms with van der Waals surface area (Å²) < 4.78 is 0. The van der Waals surface area contributed by atoms with Gasteiger partial charge in [-0.1, -0.05) is 40.2 Å². The van der Waals surface area contributed by atoms with Crippen LogP contribution in [0.3, 0.4) is 0 Å². The van der Waals surface area contributed by atoms with E-state index in [-0.39, 0.29) is 27.7 Å². The first kappa shape index (κ1) is 12.0. The van der Waals surface area contributed by atoms with Crippen LogP contribution in [0.1, 0.15) is 27.1 Å². The molecule has 4 nitrogen and oxygen atoms in total. The minimum Gasteiger partial charge on any atom is -0.475 e. The van der Waals surface area contributed by atoms with Crippen LogP contribution in [0.2, 0.25) is 0 Å².